The molecule has 146 valence electrons. The van der Waals surface area contributed by atoms with Crippen LogP contribution in [0.4, 0.5) is 0 Å². The van der Waals surface area contributed by atoms with Crippen molar-refractivity contribution in [3.63, 3.8) is 0 Å². The second kappa shape index (κ2) is 6.89. The van der Waals surface area contributed by atoms with Gasteiger partial charge in [0.2, 0.25) is 0 Å². The van der Waals surface area contributed by atoms with Gasteiger partial charge in [-0.3, -0.25) is 0 Å². The Morgan fingerprint density at radius 2 is 1.55 bits per heavy atom. The van der Waals surface area contributed by atoms with E-state index in [0.29, 0.717) is 17.9 Å². The molecule has 0 spiro atoms. The maximum atomic E-state index is 12.6. The molecule has 29 heavy (non-hydrogen) atoms. The second-order valence-corrected chi connectivity index (χ2v) is 11.9. The zero-order chi connectivity index (χ0) is 19.7. The largest absolute Gasteiger partial charge is 1.00 e. The third-order valence-corrected chi connectivity index (χ3v) is 11.1. The van der Waals surface area contributed by atoms with Gasteiger partial charge in [0.05, 0.1) is 0 Å². The number of fused-ring (bicyclic) bond motifs is 7. The van der Waals surface area contributed by atoms with Crippen LogP contribution in [0.2, 0.25) is 0 Å². The third kappa shape index (κ3) is 2.45. The van der Waals surface area contributed by atoms with Crippen LogP contribution in [0.3, 0.4) is 0 Å². The van der Waals surface area contributed by atoms with Gasteiger partial charge in [-0.25, -0.2) is 16.8 Å². The standard InChI is InChI=1S/C19H22O6S2.2Na/c1-9-6-13-12(9)4-5-14-17(13)16-10(2)7-15(16)19(27(23,24)25)11(3)8-18(14,19)26(20,21)22;;/h4-5,9-11H,6-8H2,1-3H3,(H,20,21,22)(H,23,24,25);;/q;2*+1/p-2. The average molecular weight is 454 g/mol. The molecule has 1 saturated carbocycles. The molecule has 5 rings (SSSR count). The Labute approximate surface area is 216 Å². The molecule has 10 heteroatoms. The Hall–Kier alpha value is 0.780. The fourth-order valence-electron chi connectivity index (χ4n) is 6.57. The van der Waals surface area contributed by atoms with Crippen molar-refractivity contribution < 1.29 is 85.1 Å². The quantitative estimate of drug-likeness (QED) is 0.335. The Kier molecular flexibility index (Phi) is 5.80. The van der Waals surface area contributed by atoms with E-state index in [-0.39, 0.29) is 77.0 Å². The van der Waals surface area contributed by atoms with Crippen LogP contribution >= 0.6 is 0 Å². The number of hydrogen-bond donors (Lipinski definition) is 0. The molecule has 1 aromatic rings. The van der Waals surface area contributed by atoms with Crippen molar-refractivity contribution in [1.82, 2.24) is 0 Å². The molecule has 6 nitrogen and oxygen atoms in total. The zero-order valence-electron chi connectivity index (χ0n) is 17.3. The van der Waals surface area contributed by atoms with Crippen LogP contribution in [0.25, 0.3) is 5.57 Å². The van der Waals surface area contributed by atoms with E-state index in [1.807, 2.05) is 6.92 Å². The van der Waals surface area contributed by atoms with Gasteiger partial charge >= 0.3 is 59.1 Å². The van der Waals surface area contributed by atoms with Crippen molar-refractivity contribution in [2.24, 2.45) is 11.8 Å². The number of benzene rings is 1. The maximum absolute atomic E-state index is 12.6. The average Bonchev–Trinajstić information content (AvgIpc) is 2.49. The Morgan fingerprint density at radius 1 is 0.931 bits per heavy atom. The van der Waals surface area contributed by atoms with E-state index < -0.39 is 35.6 Å². The van der Waals surface area contributed by atoms with Gasteiger partial charge in [0, 0.05) is 0 Å². The van der Waals surface area contributed by atoms with Crippen LogP contribution < -0.4 is 59.1 Å². The van der Waals surface area contributed by atoms with Crippen LogP contribution in [-0.2, 0) is 31.4 Å². The van der Waals surface area contributed by atoms with Crippen molar-refractivity contribution in [2.45, 2.75) is 55.4 Å². The van der Waals surface area contributed by atoms with E-state index in [4.69, 9.17) is 0 Å². The minimum absolute atomic E-state index is 0. The summed E-state index contributed by atoms with van der Waals surface area (Å²) in [5.41, 5.74) is 4.28. The number of hydrogen-bond acceptors (Lipinski definition) is 6. The first-order valence-corrected chi connectivity index (χ1v) is 12.0. The van der Waals surface area contributed by atoms with Crippen molar-refractivity contribution in [3.8, 4) is 0 Å². The molecule has 0 amide bonds. The smallest absolute Gasteiger partial charge is 0.747 e. The molecule has 4 aliphatic carbocycles. The van der Waals surface area contributed by atoms with Gasteiger partial charge in [-0.2, -0.15) is 0 Å². The van der Waals surface area contributed by atoms with Gasteiger partial charge in [-0.15, -0.1) is 0 Å². The molecule has 5 atom stereocenters. The molecular weight excluding hydrogens is 434 g/mol. The van der Waals surface area contributed by atoms with Crippen LogP contribution in [0.1, 0.15) is 61.8 Å². The van der Waals surface area contributed by atoms with Crippen LogP contribution in [-0.4, -0.2) is 30.7 Å². The van der Waals surface area contributed by atoms with Crippen molar-refractivity contribution in [1.29, 1.82) is 0 Å². The first-order valence-electron chi connectivity index (χ1n) is 9.20. The topological polar surface area (TPSA) is 114 Å². The van der Waals surface area contributed by atoms with E-state index in [2.05, 4.69) is 6.92 Å². The summed E-state index contributed by atoms with van der Waals surface area (Å²) in [5, 5.41) is 0. The summed E-state index contributed by atoms with van der Waals surface area (Å²) in [4.78, 5) is 0. The van der Waals surface area contributed by atoms with Gasteiger partial charge in [0.15, 0.2) is 0 Å². The summed E-state index contributed by atoms with van der Waals surface area (Å²) >= 11 is 0. The van der Waals surface area contributed by atoms with Gasteiger partial charge in [-0.05, 0) is 70.4 Å². The predicted octanol–water partition coefficient (Wildman–Crippen LogP) is -3.77. The molecule has 5 unspecified atom stereocenters. The molecule has 0 aromatic heterocycles. The predicted molar refractivity (Wildman–Crippen MR) is 96.8 cm³/mol. The molecule has 0 aliphatic heterocycles. The van der Waals surface area contributed by atoms with E-state index in [1.54, 1.807) is 19.1 Å². The molecule has 4 aliphatic rings. The Bertz CT molecular complexity index is 1170. The van der Waals surface area contributed by atoms with Crippen molar-refractivity contribution in [2.75, 3.05) is 0 Å². The second-order valence-electron chi connectivity index (χ2n) is 8.73. The summed E-state index contributed by atoms with van der Waals surface area (Å²) in [7, 11) is -10.2. The summed E-state index contributed by atoms with van der Waals surface area (Å²) < 4.78 is 71.1. The summed E-state index contributed by atoms with van der Waals surface area (Å²) in [5.74, 6) is -0.320. The normalized spacial score (nSPS) is 36.5. The summed E-state index contributed by atoms with van der Waals surface area (Å²) in [6.45, 7) is 5.60. The number of rotatable bonds is 2. The zero-order valence-corrected chi connectivity index (χ0v) is 22.9. The summed E-state index contributed by atoms with van der Waals surface area (Å²) in [6.07, 6.45) is 0.980. The number of allylic oxidation sites excluding steroid dienone is 1. The fraction of sp³-hybridized carbons (Fsp3) is 0.579. The first-order chi connectivity index (χ1) is 12.4. The third-order valence-electron chi connectivity index (χ3n) is 7.58. The SMILES string of the molecule is CC1CC2=C1c1c(ccc3c1CC3C)C1(S(=O)(=O)[O-])CC(C)C21S(=O)(=O)[O-].[Na+].[Na+]. The van der Waals surface area contributed by atoms with E-state index in [1.165, 1.54) is 0 Å². The van der Waals surface area contributed by atoms with Crippen LogP contribution in [0.15, 0.2) is 17.7 Å². The van der Waals surface area contributed by atoms with Crippen LogP contribution in [0, 0.1) is 11.8 Å². The molecule has 0 N–H and O–H groups in total. The van der Waals surface area contributed by atoms with Crippen molar-refractivity contribution >= 4 is 25.8 Å². The van der Waals surface area contributed by atoms with Crippen LogP contribution in [0.5, 0.6) is 0 Å². The van der Waals surface area contributed by atoms with Gasteiger partial charge in [0.1, 0.15) is 29.7 Å². The molecule has 0 heterocycles. The molecule has 0 bridgehead atoms. The van der Waals surface area contributed by atoms with E-state index in [0.717, 1.165) is 28.7 Å². The van der Waals surface area contributed by atoms with E-state index >= 15 is 0 Å². The van der Waals surface area contributed by atoms with Gasteiger partial charge in [0.25, 0.3) is 0 Å². The minimum atomic E-state index is -5.10. The van der Waals surface area contributed by atoms with E-state index in [9.17, 15) is 25.9 Å². The molecule has 0 saturated heterocycles. The Balaban J connectivity index is 0.00000120. The minimum Gasteiger partial charge on any atom is -0.747 e. The molecule has 1 aromatic carbocycles. The summed E-state index contributed by atoms with van der Waals surface area (Å²) in [6, 6.07) is 3.40. The Morgan fingerprint density at radius 3 is 2.00 bits per heavy atom. The molecule has 1 fully saturated rings. The molecule has 0 radical (unpaired) electrons. The van der Waals surface area contributed by atoms with Crippen molar-refractivity contribution in [3.05, 3.63) is 40.0 Å². The first kappa shape index (κ1) is 24.4. The fourth-order valence-corrected chi connectivity index (χ4v) is 10.4. The van der Waals surface area contributed by atoms with Gasteiger partial charge < -0.3 is 9.11 Å². The van der Waals surface area contributed by atoms with Gasteiger partial charge in [-0.1, -0.05) is 32.9 Å². The molecular formula is C19H20Na2O6S2. The monoisotopic (exact) mass is 454 g/mol. The maximum Gasteiger partial charge on any atom is 1.00 e.